The summed E-state index contributed by atoms with van der Waals surface area (Å²) >= 11 is 0. The molecular formula is C24H28ClF6N3O. The third kappa shape index (κ3) is 7.04. The minimum atomic E-state index is -4.94. The van der Waals surface area contributed by atoms with Crippen LogP contribution in [0.3, 0.4) is 0 Å². The molecule has 0 aliphatic carbocycles. The van der Waals surface area contributed by atoms with Crippen molar-refractivity contribution in [3.05, 3.63) is 70.3 Å². The first-order valence-corrected chi connectivity index (χ1v) is 10.9. The van der Waals surface area contributed by atoms with Crippen LogP contribution in [0.15, 0.2) is 42.5 Å². The van der Waals surface area contributed by atoms with E-state index in [1.807, 2.05) is 24.3 Å². The topological polar surface area (TPSA) is 35.6 Å². The molecule has 35 heavy (non-hydrogen) atoms. The zero-order valence-electron chi connectivity index (χ0n) is 19.5. The maximum absolute atomic E-state index is 13.2. The first-order chi connectivity index (χ1) is 15.8. The standard InChI is InChI=1S/C24H27F6N3O.ClH/c1-15(2)17-5-4-6-18(11-17)21-13-31-7-8-33(21)22(34)32(3)14-16-9-19(23(25,26)27)12-20(10-16)24(28,29)30;/h4-6,9-12,15,21,31H,7-8,13-14H2,1-3H3;1H. The van der Waals surface area contributed by atoms with E-state index in [0.717, 1.165) is 16.0 Å². The van der Waals surface area contributed by atoms with Crippen molar-refractivity contribution in [2.45, 2.75) is 44.7 Å². The van der Waals surface area contributed by atoms with Gasteiger partial charge in [0, 0.05) is 33.2 Å². The van der Waals surface area contributed by atoms with Gasteiger partial charge in [0.2, 0.25) is 0 Å². The number of rotatable bonds is 4. The van der Waals surface area contributed by atoms with Gasteiger partial charge in [-0.2, -0.15) is 26.3 Å². The van der Waals surface area contributed by atoms with Gasteiger partial charge in [-0.05, 0) is 40.8 Å². The summed E-state index contributed by atoms with van der Waals surface area (Å²) in [6, 6.07) is 8.45. The number of hydrogen-bond donors (Lipinski definition) is 1. The molecule has 1 aliphatic rings. The summed E-state index contributed by atoms with van der Waals surface area (Å²) in [6.45, 7) is 5.09. The van der Waals surface area contributed by atoms with E-state index in [-0.39, 0.29) is 36.0 Å². The second-order valence-electron chi connectivity index (χ2n) is 8.79. The van der Waals surface area contributed by atoms with Crippen LogP contribution in [0.1, 0.15) is 53.6 Å². The van der Waals surface area contributed by atoms with Crippen molar-refractivity contribution < 1.29 is 31.1 Å². The molecule has 0 radical (unpaired) electrons. The molecule has 2 aromatic carbocycles. The van der Waals surface area contributed by atoms with Gasteiger partial charge < -0.3 is 15.1 Å². The zero-order chi connectivity index (χ0) is 25.3. The lowest BCUT2D eigenvalue weighted by Crippen LogP contribution is -2.52. The number of alkyl halides is 6. The average molecular weight is 524 g/mol. The molecule has 2 aromatic rings. The predicted octanol–water partition coefficient (Wildman–Crippen LogP) is 6.47. The van der Waals surface area contributed by atoms with Gasteiger partial charge in [-0.15, -0.1) is 12.4 Å². The minimum Gasteiger partial charge on any atom is -0.323 e. The van der Waals surface area contributed by atoms with Crippen LogP contribution in [0.25, 0.3) is 0 Å². The summed E-state index contributed by atoms with van der Waals surface area (Å²) in [5.41, 5.74) is -1.02. The Kier molecular flexibility index (Phi) is 9.10. The lowest BCUT2D eigenvalue weighted by atomic mass is 9.96. The van der Waals surface area contributed by atoms with Crippen LogP contribution >= 0.6 is 12.4 Å². The fourth-order valence-corrected chi connectivity index (χ4v) is 4.03. The molecule has 1 saturated heterocycles. The smallest absolute Gasteiger partial charge is 0.323 e. The van der Waals surface area contributed by atoms with E-state index in [0.29, 0.717) is 31.8 Å². The predicted molar refractivity (Wildman–Crippen MR) is 123 cm³/mol. The second kappa shape index (κ2) is 11.1. The van der Waals surface area contributed by atoms with Crippen LogP contribution in [0.4, 0.5) is 31.1 Å². The molecule has 4 nitrogen and oxygen atoms in total. The molecule has 194 valence electrons. The molecule has 0 aromatic heterocycles. The van der Waals surface area contributed by atoms with Crippen molar-refractivity contribution in [1.82, 2.24) is 15.1 Å². The summed E-state index contributed by atoms with van der Waals surface area (Å²) in [5, 5.41) is 3.24. The molecule has 0 spiro atoms. The van der Waals surface area contributed by atoms with Crippen LogP contribution in [0.5, 0.6) is 0 Å². The maximum Gasteiger partial charge on any atom is 0.416 e. The van der Waals surface area contributed by atoms with Crippen LogP contribution in [-0.4, -0.2) is 42.5 Å². The number of halogens is 7. The van der Waals surface area contributed by atoms with E-state index in [4.69, 9.17) is 0 Å². The Morgan fingerprint density at radius 3 is 2.20 bits per heavy atom. The second-order valence-corrected chi connectivity index (χ2v) is 8.79. The molecule has 1 unspecified atom stereocenters. The SMILES string of the molecule is CC(C)c1cccc(C2CNCCN2C(=O)N(C)Cc2cc(C(F)(F)F)cc(C(F)(F)F)c2)c1.Cl. The minimum absolute atomic E-state index is 0. The number of piperazine rings is 1. The van der Waals surface area contributed by atoms with Crippen LogP contribution in [0, 0.1) is 0 Å². The van der Waals surface area contributed by atoms with E-state index in [9.17, 15) is 31.1 Å². The van der Waals surface area contributed by atoms with Crippen LogP contribution < -0.4 is 5.32 Å². The third-order valence-corrected chi connectivity index (χ3v) is 5.84. The Bertz CT molecular complexity index is 993. The average Bonchev–Trinajstić information content (AvgIpc) is 2.77. The largest absolute Gasteiger partial charge is 0.416 e. The molecule has 1 atom stereocenters. The molecule has 1 fully saturated rings. The number of nitrogens with one attached hydrogen (secondary N) is 1. The molecule has 2 amide bonds. The van der Waals surface area contributed by atoms with E-state index < -0.39 is 36.1 Å². The monoisotopic (exact) mass is 523 g/mol. The maximum atomic E-state index is 13.2. The van der Waals surface area contributed by atoms with Crippen LogP contribution in [-0.2, 0) is 18.9 Å². The first-order valence-electron chi connectivity index (χ1n) is 10.9. The van der Waals surface area contributed by atoms with E-state index >= 15 is 0 Å². The highest BCUT2D eigenvalue weighted by Crippen LogP contribution is 2.36. The normalized spacial score (nSPS) is 16.7. The Hall–Kier alpha value is -2.46. The lowest BCUT2D eigenvalue weighted by Gasteiger charge is -2.39. The molecule has 1 aliphatic heterocycles. The lowest BCUT2D eigenvalue weighted by molar-refractivity contribution is -0.143. The summed E-state index contributed by atoms with van der Waals surface area (Å²) in [7, 11) is 1.37. The van der Waals surface area contributed by atoms with Crippen molar-refractivity contribution in [2.24, 2.45) is 0 Å². The third-order valence-electron chi connectivity index (χ3n) is 5.84. The number of hydrogen-bond acceptors (Lipinski definition) is 2. The van der Waals surface area contributed by atoms with Gasteiger partial charge in [0.1, 0.15) is 0 Å². The van der Waals surface area contributed by atoms with Crippen molar-refractivity contribution >= 4 is 18.4 Å². The number of amides is 2. The molecule has 0 bridgehead atoms. The van der Waals surface area contributed by atoms with Crippen molar-refractivity contribution in [3.63, 3.8) is 0 Å². The van der Waals surface area contributed by atoms with Gasteiger partial charge in [-0.3, -0.25) is 0 Å². The highest BCUT2D eigenvalue weighted by atomic mass is 35.5. The first kappa shape index (κ1) is 28.8. The Morgan fingerprint density at radius 1 is 1.06 bits per heavy atom. The summed E-state index contributed by atoms with van der Waals surface area (Å²) in [5.74, 6) is 0.284. The molecule has 11 heteroatoms. The van der Waals surface area contributed by atoms with Crippen molar-refractivity contribution in [1.29, 1.82) is 0 Å². The van der Waals surface area contributed by atoms with Gasteiger partial charge in [0.15, 0.2) is 0 Å². The summed E-state index contributed by atoms with van der Waals surface area (Å²) in [6.07, 6.45) is -9.88. The summed E-state index contributed by atoms with van der Waals surface area (Å²) < 4.78 is 79.1. The van der Waals surface area contributed by atoms with Gasteiger partial charge >= 0.3 is 18.4 Å². The van der Waals surface area contributed by atoms with Gasteiger partial charge in [0.25, 0.3) is 0 Å². The van der Waals surface area contributed by atoms with E-state index in [1.54, 1.807) is 4.90 Å². The number of carbonyl (C=O) groups excluding carboxylic acids is 1. The molecule has 0 saturated carbocycles. The number of nitrogens with zero attached hydrogens (tertiary/aromatic N) is 2. The quantitative estimate of drug-likeness (QED) is 0.466. The van der Waals surface area contributed by atoms with Gasteiger partial charge in [0.05, 0.1) is 17.2 Å². The fraction of sp³-hybridized carbons (Fsp3) is 0.458. The molecular weight excluding hydrogens is 496 g/mol. The van der Waals surface area contributed by atoms with E-state index in [1.165, 1.54) is 7.05 Å². The van der Waals surface area contributed by atoms with Gasteiger partial charge in [-0.25, -0.2) is 4.79 Å². The number of benzene rings is 2. The number of urea groups is 1. The highest BCUT2D eigenvalue weighted by Gasteiger charge is 2.37. The van der Waals surface area contributed by atoms with Crippen molar-refractivity contribution in [3.8, 4) is 0 Å². The Balaban J connectivity index is 0.00000432. The van der Waals surface area contributed by atoms with Gasteiger partial charge in [-0.1, -0.05) is 38.1 Å². The van der Waals surface area contributed by atoms with Crippen LogP contribution in [0.2, 0.25) is 0 Å². The Labute approximate surface area is 206 Å². The zero-order valence-corrected chi connectivity index (χ0v) is 20.3. The Morgan fingerprint density at radius 2 is 1.66 bits per heavy atom. The summed E-state index contributed by atoms with van der Waals surface area (Å²) in [4.78, 5) is 16.0. The molecule has 3 rings (SSSR count). The number of carbonyl (C=O) groups is 1. The fourth-order valence-electron chi connectivity index (χ4n) is 4.03. The molecule has 1 N–H and O–H groups in total. The molecule has 1 heterocycles. The van der Waals surface area contributed by atoms with E-state index in [2.05, 4.69) is 19.2 Å². The van der Waals surface area contributed by atoms with Crippen molar-refractivity contribution in [2.75, 3.05) is 26.7 Å². The highest BCUT2D eigenvalue weighted by molar-refractivity contribution is 5.85.